The molecule has 1 unspecified atom stereocenters. The quantitative estimate of drug-likeness (QED) is 0.504. The first-order valence-corrected chi connectivity index (χ1v) is 9.08. The van der Waals surface area contributed by atoms with Crippen LogP contribution >= 0.6 is 0 Å². The van der Waals surface area contributed by atoms with E-state index in [0.717, 1.165) is 11.3 Å². The van der Waals surface area contributed by atoms with E-state index < -0.39 is 6.04 Å². The van der Waals surface area contributed by atoms with Crippen molar-refractivity contribution in [2.24, 2.45) is 0 Å². The Bertz CT molecular complexity index is 979. The van der Waals surface area contributed by atoms with Gasteiger partial charge in [-0.05, 0) is 30.2 Å². The molecular weight excluding hydrogens is 376 g/mol. The summed E-state index contributed by atoms with van der Waals surface area (Å²) in [5, 5.41) is 15.4. The predicted octanol–water partition coefficient (Wildman–Crippen LogP) is 0.523. The van der Waals surface area contributed by atoms with Crippen LogP contribution < -0.4 is 20.1 Å². The number of anilines is 1. The summed E-state index contributed by atoms with van der Waals surface area (Å²) in [6.45, 7) is 0.270. The third kappa shape index (κ3) is 4.43. The largest absolute Gasteiger partial charge is 0.454 e. The van der Waals surface area contributed by atoms with E-state index >= 15 is 0 Å². The Morgan fingerprint density at radius 1 is 1.24 bits per heavy atom. The van der Waals surface area contributed by atoms with Crippen LogP contribution in [0.2, 0.25) is 0 Å². The molecule has 4 rings (SSSR count). The molecule has 150 valence electrons. The second kappa shape index (κ2) is 8.57. The molecule has 0 bridgehead atoms. The maximum Gasteiger partial charge on any atom is 0.244 e. The molecule has 0 saturated carbocycles. The van der Waals surface area contributed by atoms with Gasteiger partial charge in [0.2, 0.25) is 18.6 Å². The van der Waals surface area contributed by atoms with Gasteiger partial charge in [-0.1, -0.05) is 6.07 Å². The number of benzene rings is 1. The zero-order valence-corrected chi connectivity index (χ0v) is 15.5. The van der Waals surface area contributed by atoms with Crippen LogP contribution in [0.1, 0.15) is 5.56 Å². The summed E-state index contributed by atoms with van der Waals surface area (Å²) >= 11 is 0. The lowest BCUT2D eigenvalue weighted by Crippen LogP contribution is -2.43. The molecule has 1 aromatic carbocycles. The number of ether oxygens (including phenoxy) is 2. The van der Waals surface area contributed by atoms with Crippen molar-refractivity contribution in [1.82, 2.24) is 24.8 Å². The van der Waals surface area contributed by atoms with Gasteiger partial charge in [-0.25, -0.2) is 9.97 Å². The molecule has 29 heavy (non-hydrogen) atoms. The van der Waals surface area contributed by atoms with Crippen LogP contribution in [0.25, 0.3) is 5.95 Å². The van der Waals surface area contributed by atoms with Crippen molar-refractivity contribution in [3.05, 3.63) is 54.7 Å². The lowest BCUT2D eigenvalue weighted by atomic mass is 10.1. The molecule has 2 aromatic heterocycles. The highest BCUT2D eigenvalue weighted by Crippen LogP contribution is 2.32. The van der Waals surface area contributed by atoms with Gasteiger partial charge in [0, 0.05) is 25.1 Å². The molecule has 3 N–H and O–H groups in total. The first-order chi connectivity index (χ1) is 14.2. The highest BCUT2D eigenvalue weighted by Gasteiger charge is 2.18. The normalized spacial score (nSPS) is 13.1. The number of rotatable bonds is 8. The van der Waals surface area contributed by atoms with Crippen LogP contribution in [0.4, 0.5) is 5.82 Å². The summed E-state index contributed by atoms with van der Waals surface area (Å²) in [4.78, 5) is 24.9. The summed E-state index contributed by atoms with van der Waals surface area (Å²) in [7, 11) is 0. The number of hydrogen-bond acceptors (Lipinski definition) is 8. The second-order valence-electron chi connectivity index (χ2n) is 6.32. The van der Waals surface area contributed by atoms with E-state index in [4.69, 9.17) is 9.47 Å². The van der Waals surface area contributed by atoms with Crippen LogP contribution in [0.3, 0.4) is 0 Å². The van der Waals surface area contributed by atoms with Gasteiger partial charge in [-0.15, -0.1) is 0 Å². The van der Waals surface area contributed by atoms with Gasteiger partial charge in [0.15, 0.2) is 11.5 Å². The number of aliphatic hydroxyl groups is 1. The molecule has 10 heteroatoms. The predicted molar refractivity (Wildman–Crippen MR) is 103 cm³/mol. The van der Waals surface area contributed by atoms with E-state index in [0.29, 0.717) is 30.5 Å². The van der Waals surface area contributed by atoms with Crippen LogP contribution in [-0.4, -0.2) is 56.5 Å². The molecule has 1 aliphatic heterocycles. The minimum Gasteiger partial charge on any atom is -0.454 e. The highest BCUT2D eigenvalue weighted by atomic mass is 16.7. The van der Waals surface area contributed by atoms with E-state index in [1.54, 1.807) is 35.6 Å². The van der Waals surface area contributed by atoms with E-state index in [2.05, 4.69) is 25.6 Å². The van der Waals surface area contributed by atoms with Crippen LogP contribution in [0.5, 0.6) is 11.5 Å². The Morgan fingerprint density at radius 3 is 2.97 bits per heavy atom. The van der Waals surface area contributed by atoms with E-state index in [9.17, 15) is 9.90 Å². The van der Waals surface area contributed by atoms with Crippen molar-refractivity contribution < 1.29 is 19.4 Å². The van der Waals surface area contributed by atoms with Gasteiger partial charge in [0.1, 0.15) is 18.2 Å². The zero-order chi connectivity index (χ0) is 20.1. The summed E-state index contributed by atoms with van der Waals surface area (Å²) in [5.74, 6) is 1.94. The third-order valence-corrected chi connectivity index (χ3v) is 4.35. The summed E-state index contributed by atoms with van der Waals surface area (Å²) in [6.07, 6.45) is 7.10. The number of nitrogens with one attached hydrogen (secondary N) is 2. The first-order valence-electron chi connectivity index (χ1n) is 9.08. The van der Waals surface area contributed by atoms with Gasteiger partial charge < -0.3 is 25.2 Å². The van der Waals surface area contributed by atoms with Crippen molar-refractivity contribution in [1.29, 1.82) is 0 Å². The summed E-state index contributed by atoms with van der Waals surface area (Å²) in [6, 6.07) is 6.47. The number of carbonyl (C=O) groups is 1. The lowest BCUT2D eigenvalue weighted by molar-refractivity contribution is -0.122. The average molecular weight is 396 g/mol. The number of aliphatic hydroxyl groups excluding tert-OH is 1. The summed E-state index contributed by atoms with van der Waals surface area (Å²) in [5.41, 5.74) is 1.02. The summed E-state index contributed by atoms with van der Waals surface area (Å²) < 4.78 is 12.3. The van der Waals surface area contributed by atoms with Gasteiger partial charge >= 0.3 is 0 Å². The molecule has 3 heterocycles. The zero-order valence-electron chi connectivity index (χ0n) is 15.5. The molecule has 1 atom stereocenters. The fraction of sp³-hybridized carbons (Fsp3) is 0.263. The van der Waals surface area contributed by atoms with Gasteiger partial charge in [0.05, 0.1) is 6.61 Å². The van der Waals surface area contributed by atoms with Crippen LogP contribution in [-0.2, 0) is 11.2 Å². The fourth-order valence-corrected chi connectivity index (χ4v) is 2.85. The average Bonchev–Trinajstić information content (AvgIpc) is 3.43. The SMILES string of the molecule is O=C(NCCc1ccc2c(c1)OCO2)C(CO)Nc1ccnc(-n2ccnc2)n1. The molecule has 1 aliphatic rings. The maximum absolute atomic E-state index is 12.4. The second-order valence-corrected chi connectivity index (χ2v) is 6.32. The minimum atomic E-state index is -0.836. The fourth-order valence-electron chi connectivity index (χ4n) is 2.85. The lowest BCUT2D eigenvalue weighted by Gasteiger charge is -2.17. The Morgan fingerprint density at radius 2 is 2.14 bits per heavy atom. The third-order valence-electron chi connectivity index (χ3n) is 4.35. The van der Waals surface area contributed by atoms with Crippen molar-refractivity contribution in [2.75, 3.05) is 25.3 Å². The smallest absolute Gasteiger partial charge is 0.244 e. The van der Waals surface area contributed by atoms with Crippen LogP contribution in [0, 0.1) is 0 Å². The number of amides is 1. The van der Waals surface area contributed by atoms with Gasteiger partial charge in [-0.2, -0.15) is 4.98 Å². The first kappa shape index (κ1) is 18.7. The monoisotopic (exact) mass is 396 g/mol. The topological polar surface area (TPSA) is 123 Å². The Hall–Kier alpha value is -3.66. The molecule has 0 saturated heterocycles. The molecule has 1 amide bonds. The number of fused-ring (bicyclic) bond motifs is 1. The van der Waals surface area contributed by atoms with Crippen molar-refractivity contribution in [2.45, 2.75) is 12.5 Å². The van der Waals surface area contributed by atoms with E-state index in [-0.39, 0.29) is 19.3 Å². The molecule has 10 nitrogen and oxygen atoms in total. The Balaban J connectivity index is 1.32. The number of carbonyl (C=O) groups excluding carboxylic acids is 1. The molecule has 0 spiro atoms. The van der Waals surface area contributed by atoms with Crippen molar-refractivity contribution in [3.63, 3.8) is 0 Å². The van der Waals surface area contributed by atoms with Crippen molar-refractivity contribution >= 4 is 11.7 Å². The van der Waals surface area contributed by atoms with E-state index in [1.807, 2.05) is 18.2 Å². The number of nitrogens with zero attached hydrogens (tertiary/aromatic N) is 4. The van der Waals surface area contributed by atoms with Gasteiger partial charge in [-0.3, -0.25) is 9.36 Å². The molecule has 3 aromatic rings. The number of imidazole rings is 1. The highest BCUT2D eigenvalue weighted by molar-refractivity contribution is 5.84. The molecule has 0 fully saturated rings. The number of hydrogen-bond donors (Lipinski definition) is 3. The van der Waals surface area contributed by atoms with E-state index in [1.165, 1.54) is 0 Å². The Kier molecular flexibility index (Phi) is 5.52. The maximum atomic E-state index is 12.4. The molecule has 0 aliphatic carbocycles. The van der Waals surface area contributed by atoms with Crippen LogP contribution in [0.15, 0.2) is 49.2 Å². The minimum absolute atomic E-state index is 0.227. The molecular formula is C19H20N6O4. The van der Waals surface area contributed by atoms with Gasteiger partial charge in [0.25, 0.3) is 0 Å². The standard InChI is InChI=1S/C19H20N6O4/c26-10-14(23-17-4-6-22-19(24-17)25-8-7-20-11-25)18(27)21-5-3-13-1-2-15-16(9-13)29-12-28-15/h1-2,4,6-9,11,14,26H,3,5,10,12H2,(H,21,27)(H,22,23,24). The number of aromatic nitrogens is 4. The Labute approximate surface area is 166 Å². The molecule has 0 radical (unpaired) electrons. The van der Waals surface area contributed by atoms with Crippen molar-refractivity contribution in [3.8, 4) is 17.4 Å².